The Kier molecular flexibility index (Phi) is 4.03. The topological polar surface area (TPSA) is 69.3 Å². The van der Waals surface area contributed by atoms with Gasteiger partial charge in [0, 0.05) is 42.0 Å². The first-order valence-electron chi connectivity index (χ1n) is 8.75. The van der Waals surface area contributed by atoms with Gasteiger partial charge in [-0.2, -0.15) is 5.10 Å². The number of benzene rings is 1. The molecule has 1 aromatic carbocycles. The second-order valence-electron chi connectivity index (χ2n) is 6.40. The first-order valence-corrected chi connectivity index (χ1v) is 8.75. The number of carbonyl (C=O) groups excluding carboxylic acids is 1. The minimum absolute atomic E-state index is 0.262. The van der Waals surface area contributed by atoms with Gasteiger partial charge in [0.25, 0.3) is 5.91 Å². The molecule has 0 atom stereocenters. The number of aryl methyl sites for hydroxylation is 3. The van der Waals surface area contributed by atoms with Crippen molar-refractivity contribution in [2.45, 2.75) is 33.2 Å². The van der Waals surface area contributed by atoms with E-state index in [0.29, 0.717) is 17.2 Å². The number of hydrogen-bond acceptors (Lipinski definition) is 4. The standard InChI is InChI=1S/C20H21N3O3/c1-4-23-11-13-8-9-16-17(18(13)22-23)12(2)19(26-16)20(24)21-14-6-5-7-15(10-14)25-3/h5-7,10-11H,4,8-9H2,1-3H3,(H,21,24). The Morgan fingerprint density at radius 2 is 2.23 bits per heavy atom. The molecule has 0 spiro atoms. The van der Waals surface area contributed by atoms with E-state index in [1.54, 1.807) is 13.2 Å². The molecule has 1 N–H and O–H groups in total. The molecule has 0 fully saturated rings. The molecule has 1 aliphatic carbocycles. The van der Waals surface area contributed by atoms with Gasteiger partial charge in [-0.15, -0.1) is 0 Å². The van der Waals surface area contributed by atoms with Crippen LogP contribution in [0.2, 0.25) is 0 Å². The lowest BCUT2D eigenvalue weighted by atomic mass is 9.93. The maximum absolute atomic E-state index is 12.8. The average Bonchev–Trinajstić information content (AvgIpc) is 3.22. The minimum atomic E-state index is -0.262. The van der Waals surface area contributed by atoms with Crippen LogP contribution in [0.1, 0.15) is 34.4 Å². The number of nitrogens with zero attached hydrogens (tertiary/aromatic N) is 2. The second-order valence-corrected chi connectivity index (χ2v) is 6.40. The summed E-state index contributed by atoms with van der Waals surface area (Å²) in [4.78, 5) is 12.8. The maximum Gasteiger partial charge on any atom is 0.291 e. The van der Waals surface area contributed by atoms with Crippen LogP contribution >= 0.6 is 0 Å². The fraction of sp³-hybridized carbons (Fsp3) is 0.300. The molecule has 26 heavy (non-hydrogen) atoms. The monoisotopic (exact) mass is 351 g/mol. The third kappa shape index (κ3) is 2.67. The molecule has 2 aromatic heterocycles. The zero-order valence-corrected chi connectivity index (χ0v) is 15.1. The molecule has 1 aliphatic rings. The van der Waals surface area contributed by atoms with Crippen molar-refractivity contribution in [3.63, 3.8) is 0 Å². The SMILES string of the molecule is CCn1cc2c(n1)-c1c(oc(C(=O)Nc3cccc(OC)c3)c1C)CC2. The van der Waals surface area contributed by atoms with Gasteiger partial charge >= 0.3 is 0 Å². The summed E-state index contributed by atoms with van der Waals surface area (Å²) >= 11 is 0. The van der Waals surface area contributed by atoms with E-state index in [9.17, 15) is 4.79 Å². The zero-order chi connectivity index (χ0) is 18.3. The van der Waals surface area contributed by atoms with Crippen LogP contribution in [-0.4, -0.2) is 22.8 Å². The van der Waals surface area contributed by atoms with Crippen molar-refractivity contribution in [3.8, 4) is 17.0 Å². The Labute approximate surface area is 151 Å². The Balaban J connectivity index is 1.67. The molecular formula is C20H21N3O3. The van der Waals surface area contributed by atoms with Crippen LogP contribution in [0.5, 0.6) is 5.75 Å². The normalized spacial score (nSPS) is 12.4. The number of carbonyl (C=O) groups is 1. The van der Waals surface area contributed by atoms with Gasteiger partial charge in [-0.05, 0) is 38.0 Å². The summed E-state index contributed by atoms with van der Waals surface area (Å²) in [5.41, 5.74) is 4.62. The molecule has 1 amide bonds. The highest BCUT2D eigenvalue weighted by atomic mass is 16.5. The number of nitrogens with one attached hydrogen (secondary N) is 1. The summed E-state index contributed by atoms with van der Waals surface area (Å²) in [5.74, 6) is 1.61. The van der Waals surface area contributed by atoms with E-state index in [1.807, 2.05) is 29.8 Å². The van der Waals surface area contributed by atoms with E-state index in [0.717, 1.165) is 42.0 Å². The zero-order valence-electron chi connectivity index (χ0n) is 15.1. The van der Waals surface area contributed by atoms with Crippen LogP contribution in [0.3, 0.4) is 0 Å². The third-order valence-electron chi connectivity index (χ3n) is 4.77. The quantitative estimate of drug-likeness (QED) is 0.775. The van der Waals surface area contributed by atoms with Crippen LogP contribution in [0.4, 0.5) is 5.69 Å². The number of methoxy groups -OCH3 is 1. The first kappa shape index (κ1) is 16.4. The summed E-state index contributed by atoms with van der Waals surface area (Å²) in [6, 6.07) is 7.26. The molecule has 3 aromatic rings. The number of fused-ring (bicyclic) bond motifs is 3. The van der Waals surface area contributed by atoms with Gasteiger partial charge in [0.05, 0.1) is 12.8 Å². The predicted octanol–water partition coefficient (Wildman–Crippen LogP) is 3.83. The smallest absolute Gasteiger partial charge is 0.291 e. The molecule has 6 heteroatoms. The van der Waals surface area contributed by atoms with Crippen molar-refractivity contribution in [2.75, 3.05) is 12.4 Å². The molecule has 6 nitrogen and oxygen atoms in total. The second kappa shape index (κ2) is 6.37. The van der Waals surface area contributed by atoms with Gasteiger partial charge in [-0.25, -0.2) is 0 Å². The number of amides is 1. The molecule has 0 saturated heterocycles. The molecule has 0 bridgehead atoms. The summed E-state index contributed by atoms with van der Waals surface area (Å²) in [6.45, 7) is 4.81. The molecule has 4 rings (SSSR count). The van der Waals surface area contributed by atoms with Crippen LogP contribution in [-0.2, 0) is 19.4 Å². The highest BCUT2D eigenvalue weighted by Gasteiger charge is 2.29. The van der Waals surface area contributed by atoms with Crippen molar-refractivity contribution in [3.05, 3.63) is 53.1 Å². The van der Waals surface area contributed by atoms with Gasteiger partial charge in [-0.1, -0.05) is 6.07 Å². The summed E-state index contributed by atoms with van der Waals surface area (Å²) in [5, 5.41) is 7.54. The maximum atomic E-state index is 12.8. The van der Waals surface area contributed by atoms with Gasteiger partial charge in [0.2, 0.25) is 0 Å². The van der Waals surface area contributed by atoms with Crippen molar-refractivity contribution < 1.29 is 13.9 Å². The largest absolute Gasteiger partial charge is 0.497 e. The van der Waals surface area contributed by atoms with E-state index in [4.69, 9.17) is 9.15 Å². The number of rotatable bonds is 4. The van der Waals surface area contributed by atoms with Crippen LogP contribution in [0.15, 0.2) is 34.9 Å². The summed E-state index contributed by atoms with van der Waals surface area (Å²) in [6.07, 6.45) is 3.75. The van der Waals surface area contributed by atoms with Crippen molar-refractivity contribution in [1.29, 1.82) is 0 Å². The molecule has 134 valence electrons. The van der Waals surface area contributed by atoms with E-state index >= 15 is 0 Å². The molecule has 2 heterocycles. The number of hydrogen-bond donors (Lipinski definition) is 1. The summed E-state index contributed by atoms with van der Waals surface area (Å²) < 4.78 is 13.1. The number of anilines is 1. The molecule has 0 unspecified atom stereocenters. The van der Waals surface area contributed by atoms with Gasteiger partial charge in [-0.3, -0.25) is 9.48 Å². The van der Waals surface area contributed by atoms with Gasteiger partial charge in [0.15, 0.2) is 5.76 Å². The van der Waals surface area contributed by atoms with Crippen molar-refractivity contribution in [2.24, 2.45) is 0 Å². The third-order valence-corrected chi connectivity index (χ3v) is 4.77. The highest BCUT2D eigenvalue weighted by molar-refractivity contribution is 6.04. The molecule has 0 radical (unpaired) electrons. The van der Waals surface area contributed by atoms with E-state index < -0.39 is 0 Å². The Morgan fingerprint density at radius 1 is 1.38 bits per heavy atom. The Morgan fingerprint density at radius 3 is 3.00 bits per heavy atom. The molecule has 0 saturated carbocycles. The number of ether oxygens (including phenoxy) is 1. The van der Waals surface area contributed by atoms with E-state index in [1.165, 1.54) is 5.56 Å². The van der Waals surface area contributed by atoms with Crippen LogP contribution in [0.25, 0.3) is 11.3 Å². The van der Waals surface area contributed by atoms with E-state index in [-0.39, 0.29) is 5.91 Å². The molecule has 0 aliphatic heterocycles. The lowest BCUT2D eigenvalue weighted by molar-refractivity contribution is 0.0994. The predicted molar refractivity (Wildman–Crippen MR) is 98.7 cm³/mol. The lowest BCUT2D eigenvalue weighted by Crippen LogP contribution is -2.12. The van der Waals surface area contributed by atoms with Gasteiger partial charge in [0.1, 0.15) is 11.5 Å². The van der Waals surface area contributed by atoms with Crippen LogP contribution < -0.4 is 10.1 Å². The highest BCUT2D eigenvalue weighted by Crippen LogP contribution is 2.38. The number of furan rings is 1. The van der Waals surface area contributed by atoms with Crippen molar-refractivity contribution >= 4 is 11.6 Å². The molecular weight excluding hydrogens is 330 g/mol. The van der Waals surface area contributed by atoms with Crippen LogP contribution in [0, 0.1) is 6.92 Å². The minimum Gasteiger partial charge on any atom is -0.497 e. The Bertz CT molecular complexity index is 984. The fourth-order valence-electron chi connectivity index (χ4n) is 3.43. The average molecular weight is 351 g/mol. The van der Waals surface area contributed by atoms with Gasteiger partial charge < -0.3 is 14.5 Å². The summed E-state index contributed by atoms with van der Waals surface area (Å²) in [7, 11) is 1.60. The Hall–Kier alpha value is -3.02. The fourth-order valence-corrected chi connectivity index (χ4v) is 3.43. The van der Waals surface area contributed by atoms with E-state index in [2.05, 4.69) is 23.5 Å². The van der Waals surface area contributed by atoms with Crippen molar-refractivity contribution in [1.82, 2.24) is 9.78 Å². The first-order chi connectivity index (χ1) is 12.6. The number of aromatic nitrogens is 2. The lowest BCUT2D eigenvalue weighted by Gasteiger charge is -2.09.